The van der Waals surface area contributed by atoms with Crippen LogP contribution in [0.15, 0.2) is 24.3 Å². The summed E-state index contributed by atoms with van der Waals surface area (Å²) >= 11 is 0. The Balaban J connectivity index is 2.75. The van der Waals surface area contributed by atoms with Crippen LogP contribution in [0.2, 0.25) is 0 Å². The molecule has 0 aliphatic carbocycles. The molecule has 0 aliphatic heterocycles. The van der Waals surface area contributed by atoms with Crippen LogP contribution in [-0.2, 0) is 9.59 Å². The highest BCUT2D eigenvalue weighted by Crippen LogP contribution is 2.25. The van der Waals surface area contributed by atoms with Crippen molar-refractivity contribution in [1.82, 2.24) is 5.32 Å². The van der Waals surface area contributed by atoms with Crippen LogP contribution in [0.4, 0.5) is 0 Å². The normalized spacial score (nSPS) is 10.4. The number of carboxylic acid groups (broad SMARTS) is 1. The molecule has 0 aliphatic rings. The topological polar surface area (TPSA) is 84.9 Å². The van der Waals surface area contributed by atoms with Gasteiger partial charge >= 0.3 is 5.97 Å². The van der Waals surface area contributed by atoms with Crippen molar-refractivity contribution in [3.63, 3.8) is 0 Å². The summed E-state index contributed by atoms with van der Waals surface area (Å²) in [5.41, 5.74) is 0.577. The number of benzene rings is 1. The lowest BCUT2D eigenvalue weighted by Gasteiger charge is -2.10. The van der Waals surface area contributed by atoms with Crippen molar-refractivity contribution in [2.45, 2.75) is 13.3 Å². The lowest BCUT2D eigenvalue weighted by Crippen LogP contribution is -2.24. The lowest BCUT2D eigenvalue weighted by molar-refractivity contribution is -0.131. The predicted octanol–water partition coefficient (Wildman–Crippen LogP) is 1.70. The first-order valence-electron chi connectivity index (χ1n) is 6.55. The molecule has 114 valence electrons. The quantitative estimate of drug-likeness (QED) is 0.713. The van der Waals surface area contributed by atoms with E-state index in [1.54, 1.807) is 18.2 Å². The molecule has 0 fully saturated rings. The summed E-state index contributed by atoms with van der Waals surface area (Å²) in [6.45, 7) is 2.64. The summed E-state index contributed by atoms with van der Waals surface area (Å²) in [6, 6.07) is 5.05. The number of aliphatic carboxylic acids is 1. The van der Waals surface area contributed by atoms with E-state index in [4.69, 9.17) is 14.6 Å². The van der Waals surface area contributed by atoms with Crippen molar-refractivity contribution >= 4 is 18.0 Å². The van der Waals surface area contributed by atoms with E-state index in [0.717, 1.165) is 6.08 Å². The van der Waals surface area contributed by atoms with Gasteiger partial charge in [-0.1, -0.05) is 0 Å². The van der Waals surface area contributed by atoms with Gasteiger partial charge in [-0.15, -0.1) is 0 Å². The average Bonchev–Trinajstić information content (AvgIpc) is 2.46. The van der Waals surface area contributed by atoms with Gasteiger partial charge in [-0.3, -0.25) is 4.79 Å². The Kier molecular flexibility index (Phi) is 6.80. The van der Waals surface area contributed by atoms with Crippen molar-refractivity contribution in [1.29, 1.82) is 0 Å². The Bertz CT molecular complexity index is 525. The largest absolute Gasteiger partial charge is 0.497 e. The highest BCUT2D eigenvalue weighted by molar-refractivity contribution is 5.86. The van der Waals surface area contributed by atoms with Crippen molar-refractivity contribution in [2.75, 3.05) is 20.3 Å². The molecule has 1 aromatic rings. The van der Waals surface area contributed by atoms with Gasteiger partial charge in [-0.2, -0.15) is 0 Å². The van der Waals surface area contributed by atoms with Crippen molar-refractivity contribution in [3.8, 4) is 11.5 Å². The van der Waals surface area contributed by atoms with E-state index in [-0.39, 0.29) is 18.9 Å². The molecule has 6 heteroatoms. The molecule has 0 bridgehead atoms. The van der Waals surface area contributed by atoms with Crippen LogP contribution in [0.25, 0.3) is 6.08 Å². The molecule has 1 amide bonds. The average molecular weight is 293 g/mol. The Labute approximate surface area is 123 Å². The molecule has 21 heavy (non-hydrogen) atoms. The summed E-state index contributed by atoms with van der Waals surface area (Å²) in [5, 5.41) is 11.4. The molecule has 0 heterocycles. The summed E-state index contributed by atoms with van der Waals surface area (Å²) in [7, 11) is 1.52. The van der Waals surface area contributed by atoms with Gasteiger partial charge in [-0.05, 0) is 31.2 Å². The minimum Gasteiger partial charge on any atom is -0.497 e. The van der Waals surface area contributed by atoms with E-state index < -0.39 is 5.97 Å². The standard InChI is InChI=1S/C15H19NO5/c1-3-16-14(17)8-9-21-13-6-5-12(20-2)10-11(13)4-7-15(18)19/h4-7,10H,3,8-9H2,1-2H3,(H,16,17)(H,18,19). The summed E-state index contributed by atoms with van der Waals surface area (Å²) in [4.78, 5) is 21.9. The number of ether oxygens (including phenoxy) is 2. The molecule has 0 atom stereocenters. The number of hydrogen-bond acceptors (Lipinski definition) is 4. The maximum absolute atomic E-state index is 11.3. The van der Waals surface area contributed by atoms with Crippen LogP contribution in [0.1, 0.15) is 18.9 Å². The molecular formula is C15H19NO5. The minimum absolute atomic E-state index is 0.0892. The number of hydrogen-bond donors (Lipinski definition) is 2. The van der Waals surface area contributed by atoms with Gasteiger partial charge in [0.25, 0.3) is 0 Å². The Hall–Kier alpha value is -2.50. The number of amides is 1. The van der Waals surface area contributed by atoms with Crippen LogP contribution < -0.4 is 14.8 Å². The number of methoxy groups -OCH3 is 1. The Morgan fingerprint density at radius 3 is 2.76 bits per heavy atom. The van der Waals surface area contributed by atoms with Gasteiger partial charge in [0.15, 0.2) is 0 Å². The SMILES string of the molecule is CCNC(=O)CCOc1ccc(OC)cc1C=CC(=O)O. The maximum atomic E-state index is 11.3. The third kappa shape index (κ3) is 5.99. The first-order valence-corrected chi connectivity index (χ1v) is 6.55. The maximum Gasteiger partial charge on any atom is 0.328 e. The van der Waals surface area contributed by atoms with E-state index in [9.17, 15) is 9.59 Å². The second-order valence-electron chi connectivity index (χ2n) is 4.13. The summed E-state index contributed by atoms with van der Waals surface area (Å²) in [5.74, 6) is -0.0477. The molecule has 0 radical (unpaired) electrons. The second-order valence-corrected chi connectivity index (χ2v) is 4.13. The molecule has 0 aromatic heterocycles. The third-order valence-corrected chi connectivity index (χ3v) is 2.58. The van der Waals surface area contributed by atoms with Crippen molar-refractivity contribution < 1.29 is 24.2 Å². The highest BCUT2D eigenvalue weighted by atomic mass is 16.5. The third-order valence-electron chi connectivity index (χ3n) is 2.58. The van der Waals surface area contributed by atoms with Crippen LogP contribution in [0.3, 0.4) is 0 Å². The molecular weight excluding hydrogens is 274 g/mol. The molecule has 2 N–H and O–H groups in total. The monoisotopic (exact) mass is 293 g/mol. The molecule has 0 saturated carbocycles. The summed E-state index contributed by atoms with van der Waals surface area (Å²) < 4.78 is 10.6. The number of carbonyl (C=O) groups excluding carboxylic acids is 1. The predicted molar refractivity (Wildman–Crippen MR) is 78.5 cm³/mol. The van der Waals surface area contributed by atoms with Gasteiger partial charge < -0.3 is 19.9 Å². The van der Waals surface area contributed by atoms with Crippen molar-refractivity contribution in [2.24, 2.45) is 0 Å². The zero-order chi connectivity index (χ0) is 15.7. The van der Waals surface area contributed by atoms with Crippen LogP contribution >= 0.6 is 0 Å². The molecule has 0 spiro atoms. The van der Waals surface area contributed by atoms with E-state index >= 15 is 0 Å². The zero-order valence-electron chi connectivity index (χ0n) is 12.1. The molecule has 0 unspecified atom stereocenters. The van der Waals surface area contributed by atoms with Gasteiger partial charge in [0.05, 0.1) is 20.1 Å². The highest BCUT2D eigenvalue weighted by Gasteiger charge is 2.06. The van der Waals surface area contributed by atoms with E-state index in [2.05, 4.69) is 5.32 Å². The first kappa shape index (κ1) is 16.6. The van der Waals surface area contributed by atoms with E-state index in [0.29, 0.717) is 23.6 Å². The summed E-state index contributed by atoms with van der Waals surface area (Å²) in [6.07, 6.45) is 2.68. The molecule has 1 aromatic carbocycles. The fraction of sp³-hybridized carbons (Fsp3) is 0.333. The van der Waals surface area contributed by atoms with E-state index in [1.165, 1.54) is 13.2 Å². The lowest BCUT2D eigenvalue weighted by atomic mass is 10.1. The fourth-order valence-electron chi connectivity index (χ4n) is 1.62. The first-order chi connectivity index (χ1) is 10.1. The number of carbonyl (C=O) groups is 2. The van der Waals surface area contributed by atoms with Crippen LogP contribution in [0, 0.1) is 0 Å². The van der Waals surface area contributed by atoms with Gasteiger partial charge in [0, 0.05) is 18.2 Å². The van der Waals surface area contributed by atoms with Crippen LogP contribution in [-0.4, -0.2) is 37.2 Å². The Morgan fingerprint density at radius 2 is 2.14 bits per heavy atom. The Morgan fingerprint density at radius 1 is 1.38 bits per heavy atom. The smallest absolute Gasteiger partial charge is 0.328 e. The van der Waals surface area contributed by atoms with Gasteiger partial charge in [0.2, 0.25) is 5.91 Å². The molecule has 6 nitrogen and oxygen atoms in total. The number of rotatable bonds is 8. The fourth-order valence-corrected chi connectivity index (χ4v) is 1.62. The second kappa shape index (κ2) is 8.63. The van der Waals surface area contributed by atoms with Crippen LogP contribution in [0.5, 0.6) is 11.5 Å². The van der Waals surface area contributed by atoms with Gasteiger partial charge in [-0.25, -0.2) is 4.79 Å². The zero-order valence-corrected chi connectivity index (χ0v) is 12.1. The minimum atomic E-state index is -1.05. The van der Waals surface area contributed by atoms with Crippen molar-refractivity contribution in [3.05, 3.63) is 29.8 Å². The molecule has 1 rings (SSSR count). The van der Waals surface area contributed by atoms with Gasteiger partial charge in [0.1, 0.15) is 11.5 Å². The number of nitrogens with one attached hydrogen (secondary N) is 1. The van der Waals surface area contributed by atoms with E-state index in [1.807, 2.05) is 6.92 Å². The molecule has 0 saturated heterocycles. The number of carboxylic acids is 1.